The Kier molecular flexibility index (Phi) is 4.63. The average Bonchev–Trinajstić information content (AvgIpc) is 3.07. The van der Waals surface area contributed by atoms with Gasteiger partial charge in [-0.3, -0.25) is 0 Å². The summed E-state index contributed by atoms with van der Waals surface area (Å²) < 4.78 is 27.1. The van der Waals surface area contributed by atoms with Crippen LogP contribution in [0.15, 0.2) is 30.3 Å². The molecule has 1 N–H and O–H groups in total. The number of anilines is 3. The summed E-state index contributed by atoms with van der Waals surface area (Å²) in [6.07, 6.45) is 0.997. The molecule has 1 fully saturated rings. The smallest absolute Gasteiger partial charge is 0.299 e. The molecule has 3 heterocycles. The molecule has 6 nitrogen and oxygen atoms in total. The van der Waals surface area contributed by atoms with Crippen molar-refractivity contribution in [3.8, 4) is 0 Å². The summed E-state index contributed by atoms with van der Waals surface area (Å²) in [6, 6.07) is 10.1. The van der Waals surface area contributed by atoms with Crippen LogP contribution in [-0.4, -0.2) is 32.4 Å². The van der Waals surface area contributed by atoms with Crippen LogP contribution in [-0.2, 0) is 0 Å². The summed E-state index contributed by atoms with van der Waals surface area (Å²) in [5.41, 5.74) is 3.47. The predicted octanol–water partition coefficient (Wildman–Crippen LogP) is 4.49. The maximum absolute atomic E-state index is 13.0. The number of fused-ring (bicyclic) bond motifs is 1. The van der Waals surface area contributed by atoms with E-state index in [4.69, 9.17) is 0 Å². The normalized spacial score (nSPS) is 17.7. The van der Waals surface area contributed by atoms with Crippen molar-refractivity contribution in [1.29, 1.82) is 0 Å². The van der Waals surface area contributed by atoms with E-state index in [0.29, 0.717) is 17.5 Å². The summed E-state index contributed by atoms with van der Waals surface area (Å²) in [5.74, 6) is 0.00574. The fraction of sp³-hybridized carbons (Fsp3) is 0.421. The Morgan fingerprint density at radius 3 is 2.74 bits per heavy atom. The Hall–Kier alpha value is -2.77. The molecule has 0 aliphatic carbocycles. The van der Waals surface area contributed by atoms with Gasteiger partial charge in [-0.25, -0.2) is 8.78 Å². The third-order valence-electron chi connectivity index (χ3n) is 5.09. The van der Waals surface area contributed by atoms with Crippen molar-refractivity contribution in [2.24, 2.45) is 0 Å². The fourth-order valence-electron chi connectivity index (χ4n) is 3.59. The highest BCUT2D eigenvalue weighted by molar-refractivity contribution is 5.66. The molecule has 1 aromatic carbocycles. The van der Waals surface area contributed by atoms with Gasteiger partial charge < -0.3 is 10.2 Å². The number of aromatic nitrogens is 4. The van der Waals surface area contributed by atoms with Crippen molar-refractivity contribution in [2.75, 3.05) is 16.8 Å². The molecule has 1 atom stereocenters. The van der Waals surface area contributed by atoms with E-state index in [1.807, 2.05) is 13.0 Å². The van der Waals surface area contributed by atoms with Gasteiger partial charge in [0, 0.05) is 24.0 Å². The zero-order chi connectivity index (χ0) is 19.0. The lowest BCUT2D eigenvalue weighted by Gasteiger charge is -2.35. The first-order valence-electron chi connectivity index (χ1n) is 9.18. The first kappa shape index (κ1) is 17.6. The monoisotopic (exact) mass is 372 g/mol. The maximum Gasteiger partial charge on any atom is 0.299 e. The molecular formula is C19H22F2N6. The lowest BCUT2D eigenvalue weighted by molar-refractivity contribution is 0.137. The van der Waals surface area contributed by atoms with E-state index in [-0.39, 0.29) is 0 Å². The number of nitrogens with zero attached hydrogens (tertiary/aromatic N) is 5. The summed E-state index contributed by atoms with van der Waals surface area (Å²) in [4.78, 5) is 2.44. The van der Waals surface area contributed by atoms with Gasteiger partial charge >= 0.3 is 0 Å². The molecule has 142 valence electrons. The molecular weight excluding hydrogens is 350 g/mol. The Balaban J connectivity index is 1.59. The van der Waals surface area contributed by atoms with Gasteiger partial charge in [-0.1, -0.05) is 0 Å². The molecule has 4 rings (SSSR count). The quantitative estimate of drug-likeness (QED) is 0.731. The maximum atomic E-state index is 13.0. The highest BCUT2D eigenvalue weighted by Gasteiger charge is 2.19. The van der Waals surface area contributed by atoms with Gasteiger partial charge in [-0.15, -0.1) is 15.3 Å². The Morgan fingerprint density at radius 1 is 1.15 bits per heavy atom. The molecule has 0 radical (unpaired) electrons. The molecule has 8 heteroatoms. The van der Waals surface area contributed by atoms with Gasteiger partial charge in [0.05, 0.1) is 0 Å². The number of rotatable bonds is 4. The third kappa shape index (κ3) is 3.43. The second-order valence-corrected chi connectivity index (χ2v) is 7.01. The number of piperidine rings is 1. The van der Waals surface area contributed by atoms with Crippen molar-refractivity contribution in [3.05, 3.63) is 41.7 Å². The molecule has 1 unspecified atom stereocenters. The largest absolute Gasteiger partial charge is 0.369 e. The van der Waals surface area contributed by atoms with Crippen LogP contribution in [0.4, 0.5) is 26.0 Å². The molecule has 1 aliphatic heterocycles. The highest BCUT2D eigenvalue weighted by atomic mass is 19.3. The van der Waals surface area contributed by atoms with Crippen LogP contribution in [0.3, 0.4) is 0 Å². The molecule has 2 aromatic heterocycles. The lowest BCUT2D eigenvalue weighted by atomic mass is 10.0. The first-order valence-corrected chi connectivity index (χ1v) is 9.18. The molecule has 0 spiro atoms. The van der Waals surface area contributed by atoms with Crippen molar-refractivity contribution >= 4 is 22.8 Å². The summed E-state index contributed by atoms with van der Waals surface area (Å²) >= 11 is 0. The number of alkyl halides is 2. The molecule has 0 saturated carbocycles. The molecule has 3 aromatic rings. The van der Waals surface area contributed by atoms with Crippen LogP contribution in [0.5, 0.6) is 0 Å². The minimum absolute atomic E-state index is 0.294. The van der Waals surface area contributed by atoms with Gasteiger partial charge in [-0.2, -0.15) is 4.52 Å². The van der Waals surface area contributed by atoms with Crippen LogP contribution in [0, 0.1) is 6.92 Å². The highest BCUT2D eigenvalue weighted by Crippen LogP contribution is 2.29. The van der Waals surface area contributed by atoms with E-state index in [1.54, 1.807) is 12.1 Å². The van der Waals surface area contributed by atoms with Gasteiger partial charge in [0.1, 0.15) is 0 Å². The topological polar surface area (TPSA) is 58.3 Å². The van der Waals surface area contributed by atoms with Gasteiger partial charge in [0.15, 0.2) is 11.5 Å². The summed E-state index contributed by atoms with van der Waals surface area (Å²) in [5, 5.41) is 14.6. The minimum Gasteiger partial charge on any atom is -0.369 e. The molecule has 1 aliphatic rings. The SMILES string of the molecule is Cc1cc(N2CCCCC2C)ccc1Nc1ccc2nnc(C(F)F)n2n1. The van der Waals surface area contributed by atoms with E-state index in [2.05, 4.69) is 44.6 Å². The fourth-order valence-corrected chi connectivity index (χ4v) is 3.59. The van der Waals surface area contributed by atoms with Crippen LogP contribution in [0.1, 0.15) is 44.0 Å². The predicted molar refractivity (Wildman–Crippen MR) is 101 cm³/mol. The van der Waals surface area contributed by atoms with E-state index < -0.39 is 12.2 Å². The Morgan fingerprint density at radius 2 is 2.00 bits per heavy atom. The summed E-state index contributed by atoms with van der Waals surface area (Å²) in [6.45, 7) is 5.37. The minimum atomic E-state index is -2.73. The van der Waals surface area contributed by atoms with Crippen LogP contribution < -0.4 is 10.2 Å². The number of halogens is 2. The number of nitrogens with one attached hydrogen (secondary N) is 1. The van der Waals surface area contributed by atoms with Gasteiger partial charge in [0.2, 0.25) is 5.82 Å². The van der Waals surface area contributed by atoms with Crippen molar-refractivity contribution in [2.45, 2.75) is 45.6 Å². The lowest BCUT2D eigenvalue weighted by Crippen LogP contribution is -2.37. The van der Waals surface area contributed by atoms with Crippen LogP contribution in [0.2, 0.25) is 0 Å². The molecule has 1 saturated heterocycles. The van der Waals surface area contributed by atoms with E-state index >= 15 is 0 Å². The van der Waals surface area contributed by atoms with Crippen LogP contribution in [0.25, 0.3) is 5.65 Å². The molecule has 0 amide bonds. The van der Waals surface area contributed by atoms with Crippen molar-refractivity contribution < 1.29 is 8.78 Å². The Labute approximate surface area is 156 Å². The van der Waals surface area contributed by atoms with E-state index in [9.17, 15) is 8.78 Å². The zero-order valence-electron chi connectivity index (χ0n) is 15.4. The molecule has 0 bridgehead atoms. The van der Waals surface area contributed by atoms with Crippen LogP contribution >= 0.6 is 0 Å². The zero-order valence-corrected chi connectivity index (χ0v) is 15.4. The number of hydrogen-bond acceptors (Lipinski definition) is 5. The van der Waals surface area contributed by atoms with E-state index in [1.165, 1.54) is 24.9 Å². The average molecular weight is 372 g/mol. The number of hydrogen-bond donors (Lipinski definition) is 1. The summed E-state index contributed by atoms with van der Waals surface area (Å²) in [7, 11) is 0. The number of benzene rings is 1. The van der Waals surface area contributed by atoms with Crippen molar-refractivity contribution in [3.63, 3.8) is 0 Å². The van der Waals surface area contributed by atoms with Gasteiger partial charge in [-0.05, 0) is 69.0 Å². The van der Waals surface area contributed by atoms with Crippen molar-refractivity contribution in [1.82, 2.24) is 19.8 Å². The third-order valence-corrected chi connectivity index (χ3v) is 5.09. The van der Waals surface area contributed by atoms with E-state index in [0.717, 1.165) is 22.3 Å². The second-order valence-electron chi connectivity index (χ2n) is 7.01. The Bertz CT molecular complexity index is 955. The standard InChI is InChI=1S/C19H22F2N6/c1-12-11-14(26-10-4-3-5-13(26)2)6-7-15(12)22-16-8-9-17-23-24-19(18(20)21)27(17)25-16/h6-9,11,13,18H,3-5,10H2,1-2H3,(H,22,25). The molecule has 27 heavy (non-hydrogen) atoms. The number of aryl methyl sites for hydroxylation is 1. The second kappa shape index (κ2) is 7.09. The first-order chi connectivity index (χ1) is 13.0. The van der Waals surface area contributed by atoms with Gasteiger partial charge in [0.25, 0.3) is 6.43 Å².